The first kappa shape index (κ1) is 15.9. The number of nitrogens with zero attached hydrogens (tertiary/aromatic N) is 3. The predicted octanol–water partition coefficient (Wildman–Crippen LogP) is 0.371. The van der Waals surface area contributed by atoms with Gasteiger partial charge in [-0.05, 0) is 29.8 Å². The molecule has 2 rings (SSSR count). The summed E-state index contributed by atoms with van der Waals surface area (Å²) in [5, 5.41) is 12.3. The molecule has 1 aromatic carbocycles. The lowest BCUT2D eigenvalue weighted by atomic mass is 10.2. The van der Waals surface area contributed by atoms with E-state index in [1.807, 2.05) is 11.0 Å². The Hall–Kier alpha value is -2.43. The highest BCUT2D eigenvalue weighted by atomic mass is 16.5. The van der Waals surface area contributed by atoms with Crippen LogP contribution in [0.4, 0.5) is 0 Å². The molecule has 0 aromatic heterocycles. The Morgan fingerprint density at radius 1 is 1.41 bits per heavy atom. The van der Waals surface area contributed by atoms with Crippen LogP contribution in [0.15, 0.2) is 29.4 Å². The minimum absolute atomic E-state index is 0.0189. The van der Waals surface area contributed by atoms with Crippen LogP contribution >= 0.6 is 0 Å². The van der Waals surface area contributed by atoms with E-state index in [1.165, 1.54) is 0 Å². The molecule has 1 saturated heterocycles. The number of amides is 1. The van der Waals surface area contributed by atoms with Gasteiger partial charge < -0.3 is 9.47 Å². The van der Waals surface area contributed by atoms with Gasteiger partial charge in [0.05, 0.1) is 26.0 Å². The zero-order valence-corrected chi connectivity index (χ0v) is 12.2. The maximum atomic E-state index is 11.7. The monoisotopic (exact) mass is 302 g/mol. The third-order valence-electron chi connectivity index (χ3n) is 3.06. The number of rotatable bonds is 6. The van der Waals surface area contributed by atoms with Crippen LogP contribution in [-0.4, -0.2) is 56.5 Å². The molecule has 1 fully saturated rings. The van der Waals surface area contributed by atoms with Crippen molar-refractivity contribution in [2.24, 2.45) is 5.10 Å². The van der Waals surface area contributed by atoms with Crippen LogP contribution < -0.4 is 10.2 Å². The average molecular weight is 302 g/mol. The second-order valence-corrected chi connectivity index (χ2v) is 4.70. The maximum Gasteiger partial charge on any atom is 0.254 e. The van der Waals surface area contributed by atoms with Gasteiger partial charge in [0.15, 0.2) is 6.61 Å². The summed E-state index contributed by atoms with van der Waals surface area (Å²) in [7, 11) is 0. The van der Waals surface area contributed by atoms with Crippen molar-refractivity contribution in [1.29, 1.82) is 5.26 Å². The van der Waals surface area contributed by atoms with Crippen molar-refractivity contribution in [2.75, 3.05) is 39.5 Å². The second kappa shape index (κ2) is 8.77. The highest BCUT2D eigenvalue weighted by molar-refractivity contribution is 5.83. The van der Waals surface area contributed by atoms with Gasteiger partial charge in [-0.2, -0.15) is 10.4 Å². The lowest BCUT2D eigenvalue weighted by Gasteiger charge is -2.25. The van der Waals surface area contributed by atoms with Crippen LogP contribution in [0.3, 0.4) is 0 Å². The van der Waals surface area contributed by atoms with Crippen LogP contribution in [-0.2, 0) is 9.53 Å². The molecule has 1 aliphatic rings. The molecule has 1 N–H and O–H groups in total. The summed E-state index contributed by atoms with van der Waals surface area (Å²) < 4.78 is 10.4. The van der Waals surface area contributed by atoms with Gasteiger partial charge in [0.2, 0.25) is 0 Å². The minimum Gasteiger partial charge on any atom is -0.479 e. The van der Waals surface area contributed by atoms with Gasteiger partial charge in [-0.15, -0.1) is 0 Å². The molecule has 0 spiro atoms. The number of morpholine rings is 1. The van der Waals surface area contributed by atoms with Crippen molar-refractivity contribution in [3.8, 4) is 11.8 Å². The summed E-state index contributed by atoms with van der Waals surface area (Å²) in [5.74, 6) is 0.474. The zero-order chi connectivity index (χ0) is 15.6. The Bertz CT molecular complexity index is 545. The van der Waals surface area contributed by atoms with Gasteiger partial charge in [-0.1, -0.05) is 0 Å². The van der Waals surface area contributed by atoms with Gasteiger partial charge in [0.25, 0.3) is 5.91 Å². The third-order valence-corrected chi connectivity index (χ3v) is 3.06. The molecule has 7 heteroatoms. The standard InChI is InChI=1S/C15H18N4O3/c16-5-8-22-14-3-1-13(2-4-14)11-17-18-15(20)12-19-6-9-21-10-7-19/h1-4,11H,6-10,12H2,(H,18,20)/b17-11+. The number of carbonyl (C=O) groups excluding carboxylic acids is 1. The third kappa shape index (κ3) is 5.52. The average Bonchev–Trinajstić information content (AvgIpc) is 2.55. The topological polar surface area (TPSA) is 86.9 Å². The number of hydrogen-bond acceptors (Lipinski definition) is 6. The van der Waals surface area contributed by atoms with E-state index in [9.17, 15) is 4.79 Å². The smallest absolute Gasteiger partial charge is 0.254 e. The first-order valence-electron chi connectivity index (χ1n) is 7.00. The van der Waals surface area contributed by atoms with Crippen LogP contribution in [0.1, 0.15) is 5.56 Å². The molecule has 1 amide bonds. The molecule has 0 aliphatic carbocycles. The molecule has 22 heavy (non-hydrogen) atoms. The molecule has 116 valence electrons. The summed E-state index contributed by atoms with van der Waals surface area (Å²) in [6.07, 6.45) is 1.56. The Morgan fingerprint density at radius 3 is 2.82 bits per heavy atom. The molecule has 1 heterocycles. The van der Waals surface area contributed by atoms with Gasteiger partial charge >= 0.3 is 0 Å². The van der Waals surface area contributed by atoms with Crippen molar-refractivity contribution < 1.29 is 14.3 Å². The van der Waals surface area contributed by atoms with Crippen molar-refractivity contribution in [2.45, 2.75) is 0 Å². The summed E-state index contributed by atoms with van der Waals surface area (Å²) in [5.41, 5.74) is 3.33. The first-order chi connectivity index (χ1) is 10.8. The fourth-order valence-electron chi connectivity index (χ4n) is 1.94. The van der Waals surface area contributed by atoms with E-state index in [1.54, 1.807) is 30.5 Å². The molecule has 7 nitrogen and oxygen atoms in total. The first-order valence-corrected chi connectivity index (χ1v) is 7.00. The van der Waals surface area contributed by atoms with E-state index in [2.05, 4.69) is 10.5 Å². The molecule has 1 aliphatic heterocycles. The van der Waals surface area contributed by atoms with Gasteiger partial charge in [0, 0.05) is 13.1 Å². The summed E-state index contributed by atoms with van der Waals surface area (Å²) >= 11 is 0. The van der Waals surface area contributed by atoms with Crippen molar-refractivity contribution in [3.05, 3.63) is 29.8 Å². The van der Waals surface area contributed by atoms with Crippen LogP contribution in [0.5, 0.6) is 5.75 Å². The molecule has 0 saturated carbocycles. The molecule has 0 radical (unpaired) electrons. The highest BCUT2D eigenvalue weighted by Crippen LogP contribution is 2.10. The Kier molecular flexibility index (Phi) is 6.36. The normalized spacial score (nSPS) is 15.4. The number of carbonyl (C=O) groups is 1. The number of nitrogens with one attached hydrogen (secondary N) is 1. The summed E-state index contributed by atoms with van der Waals surface area (Å²) in [6, 6.07) is 8.98. The highest BCUT2D eigenvalue weighted by Gasteiger charge is 2.13. The van der Waals surface area contributed by atoms with Crippen molar-refractivity contribution in [3.63, 3.8) is 0 Å². The Morgan fingerprint density at radius 2 is 2.14 bits per heavy atom. The van der Waals surface area contributed by atoms with Gasteiger partial charge in [0.1, 0.15) is 11.8 Å². The fraction of sp³-hybridized carbons (Fsp3) is 0.400. The Labute approximate surface area is 129 Å². The molecule has 0 unspecified atom stereocenters. The largest absolute Gasteiger partial charge is 0.479 e. The molecule has 1 aromatic rings. The molecule has 0 atom stereocenters. The maximum absolute atomic E-state index is 11.7. The van der Waals surface area contributed by atoms with E-state index in [4.69, 9.17) is 14.7 Å². The quantitative estimate of drug-likeness (QED) is 0.606. The number of hydrazone groups is 1. The van der Waals surface area contributed by atoms with Gasteiger partial charge in [-0.25, -0.2) is 5.43 Å². The van der Waals surface area contributed by atoms with Crippen LogP contribution in [0.25, 0.3) is 0 Å². The zero-order valence-electron chi connectivity index (χ0n) is 12.2. The Balaban J connectivity index is 1.74. The number of nitriles is 1. The van der Waals surface area contributed by atoms with Crippen molar-refractivity contribution in [1.82, 2.24) is 10.3 Å². The van der Waals surface area contributed by atoms with Crippen LogP contribution in [0.2, 0.25) is 0 Å². The SMILES string of the molecule is N#CCOc1ccc(/C=N/NC(=O)CN2CCOCC2)cc1. The summed E-state index contributed by atoms with van der Waals surface area (Å²) in [4.78, 5) is 13.7. The van der Waals surface area contributed by atoms with E-state index in [0.717, 1.165) is 18.7 Å². The van der Waals surface area contributed by atoms with E-state index in [-0.39, 0.29) is 12.5 Å². The molecular formula is C15H18N4O3. The van der Waals surface area contributed by atoms with E-state index in [0.29, 0.717) is 25.5 Å². The fourth-order valence-corrected chi connectivity index (χ4v) is 1.94. The number of benzene rings is 1. The minimum atomic E-state index is -0.146. The van der Waals surface area contributed by atoms with E-state index >= 15 is 0 Å². The van der Waals surface area contributed by atoms with E-state index < -0.39 is 0 Å². The second-order valence-electron chi connectivity index (χ2n) is 4.70. The van der Waals surface area contributed by atoms with Crippen molar-refractivity contribution >= 4 is 12.1 Å². The predicted molar refractivity (Wildman–Crippen MR) is 80.5 cm³/mol. The van der Waals surface area contributed by atoms with Gasteiger partial charge in [-0.3, -0.25) is 9.69 Å². The lowest BCUT2D eigenvalue weighted by molar-refractivity contribution is -0.123. The number of hydrogen-bond donors (Lipinski definition) is 1. The molecular weight excluding hydrogens is 284 g/mol. The molecule has 0 bridgehead atoms. The summed E-state index contributed by atoms with van der Waals surface area (Å²) in [6.45, 7) is 3.20. The number of ether oxygens (including phenoxy) is 2. The van der Waals surface area contributed by atoms with Crippen LogP contribution in [0, 0.1) is 11.3 Å². The lowest BCUT2D eigenvalue weighted by Crippen LogP contribution is -2.42.